The van der Waals surface area contributed by atoms with Crippen molar-refractivity contribution in [1.82, 2.24) is 0 Å². The molecule has 0 saturated heterocycles. The third-order valence-corrected chi connectivity index (χ3v) is 2.87. The lowest BCUT2D eigenvalue weighted by Crippen LogP contribution is -2.17. The summed E-state index contributed by atoms with van der Waals surface area (Å²) < 4.78 is 5.12. The fourth-order valence-corrected chi connectivity index (χ4v) is 1.90. The second kappa shape index (κ2) is 5.08. The number of ether oxygens (including phenoxy) is 1. The molecule has 0 heterocycles. The van der Waals surface area contributed by atoms with Gasteiger partial charge in [-0.05, 0) is 30.5 Å². The molecule has 17 heavy (non-hydrogen) atoms. The molecule has 1 rings (SSSR count). The van der Waals surface area contributed by atoms with Gasteiger partial charge in [0, 0.05) is 5.56 Å². The third-order valence-electron chi connectivity index (χ3n) is 2.87. The van der Waals surface area contributed by atoms with Gasteiger partial charge < -0.3 is 14.9 Å². The molecule has 0 amide bonds. The van der Waals surface area contributed by atoms with Crippen LogP contribution < -0.4 is 4.74 Å². The zero-order chi connectivity index (χ0) is 13.2. The second-order valence-electron chi connectivity index (χ2n) is 4.43. The summed E-state index contributed by atoms with van der Waals surface area (Å²) in [5.74, 6) is -1.03. The van der Waals surface area contributed by atoms with E-state index in [1.54, 1.807) is 13.0 Å². The zero-order valence-electron chi connectivity index (χ0n) is 10.5. The first-order valence-electron chi connectivity index (χ1n) is 5.48. The van der Waals surface area contributed by atoms with Crippen molar-refractivity contribution in [3.05, 3.63) is 23.3 Å². The minimum absolute atomic E-state index is 0.0562. The Morgan fingerprint density at radius 3 is 2.35 bits per heavy atom. The Hall–Kier alpha value is -1.71. The van der Waals surface area contributed by atoms with E-state index in [0.29, 0.717) is 16.9 Å². The molecule has 4 heteroatoms. The predicted octanol–water partition coefficient (Wildman–Crippen LogP) is 2.53. The molecule has 1 atom stereocenters. The van der Waals surface area contributed by atoms with Crippen molar-refractivity contribution in [2.75, 3.05) is 7.11 Å². The summed E-state index contributed by atoms with van der Waals surface area (Å²) >= 11 is 0. The first-order valence-corrected chi connectivity index (χ1v) is 5.48. The van der Waals surface area contributed by atoms with Crippen molar-refractivity contribution in [1.29, 1.82) is 0 Å². The van der Waals surface area contributed by atoms with Gasteiger partial charge in [0.25, 0.3) is 0 Å². The fraction of sp³-hybridized carbons (Fsp3) is 0.462. The Morgan fingerprint density at radius 2 is 1.94 bits per heavy atom. The maximum absolute atomic E-state index is 11.2. The van der Waals surface area contributed by atoms with Gasteiger partial charge in [0.15, 0.2) is 0 Å². The number of carbonyl (C=O) groups is 1. The van der Waals surface area contributed by atoms with Crippen LogP contribution >= 0.6 is 0 Å². The topological polar surface area (TPSA) is 66.8 Å². The van der Waals surface area contributed by atoms with E-state index < -0.39 is 11.9 Å². The van der Waals surface area contributed by atoms with Gasteiger partial charge in [-0.2, -0.15) is 0 Å². The molecule has 1 aromatic rings. The highest BCUT2D eigenvalue weighted by molar-refractivity contribution is 5.77. The smallest absolute Gasteiger partial charge is 0.311 e. The van der Waals surface area contributed by atoms with Crippen molar-refractivity contribution in [2.45, 2.75) is 26.7 Å². The summed E-state index contributed by atoms with van der Waals surface area (Å²) in [6.45, 7) is 5.40. The molecule has 4 nitrogen and oxygen atoms in total. The van der Waals surface area contributed by atoms with Gasteiger partial charge in [0.2, 0.25) is 0 Å². The Balaban J connectivity index is 3.30. The quantitative estimate of drug-likeness (QED) is 0.845. The van der Waals surface area contributed by atoms with Crippen LogP contribution in [-0.2, 0) is 4.79 Å². The number of carboxylic acid groups (broad SMARTS) is 1. The van der Waals surface area contributed by atoms with E-state index in [4.69, 9.17) is 4.74 Å². The molecular formula is C13H18O4. The number of carboxylic acids is 1. The van der Waals surface area contributed by atoms with Crippen LogP contribution in [0.4, 0.5) is 0 Å². The molecule has 0 bridgehead atoms. The highest BCUT2D eigenvalue weighted by Crippen LogP contribution is 2.34. The summed E-state index contributed by atoms with van der Waals surface area (Å²) in [5, 5.41) is 18.9. The average molecular weight is 238 g/mol. The monoisotopic (exact) mass is 238 g/mol. The van der Waals surface area contributed by atoms with E-state index in [9.17, 15) is 15.0 Å². The van der Waals surface area contributed by atoms with Gasteiger partial charge in [-0.25, -0.2) is 0 Å². The van der Waals surface area contributed by atoms with E-state index >= 15 is 0 Å². The van der Waals surface area contributed by atoms with Crippen LogP contribution in [0.2, 0.25) is 0 Å². The number of hydrogen-bond donors (Lipinski definition) is 2. The van der Waals surface area contributed by atoms with Gasteiger partial charge in [-0.15, -0.1) is 0 Å². The van der Waals surface area contributed by atoms with E-state index in [1.807, 2.05) is 13.8 Å². The van der Waals surface area contributed by atoms with Crippen LogP contribution in [-0.4, -0.2) is 23.3 Å². The molecule has 0 fully saturated rings. The molecule has 0 spiro atoms. The summed E-state index contributed by atoms with van der Waals surface area (Å²) in [7, 11) is 1.50. The summed E-state index contributed by atoms with van der Waals surface area (Å²) in [6, 6.07) is 3.17. The molecule has 0 radical (unpaired) electrons. The fourth-order valence-electron chi connectivity index (χ4n) is 1.90. The first kappa shape index (κ1) is 13.4. The number of benzene rings is 1. The summed E-state index contributed by atoms with van der Waals surface area (Å²) in [6.07, 6.45) is 0. The maximum atomic E-state index is 11.2. The normalized spacial score (nSPS) is 12.5. The number of phenolic OH excluding ortho intramolecular Hbond substituents is 1. The Bertz CT molecular complexity index is 424. The van der Waals surface area contributed by atoms with E-state index in [0.717, 1.165) is 0 Å². The van der Waals surface area contributed by atoms with Crippen molar-refractivity contribution >= 4 is 5.97 Å². The van der Waals surface area contributed by atoms with Crippen LogP contribution in [0.3, 0.4) is 0 Å². The van der Waals surface area contributed by atoms with Crippen LogP contribution in [0.5, 0.6) is 11.5 Å². The van der Waals surface area contributed by atoms with Gasteiger partial charge in [-0.1, -0.05) is 13.8 Å². The zero-order valence-corrected chi connectivity index (χ0v) is 10.5. The van der Waals surface area contributed by atoms with E-state index in [1.165, 1.54) is 13.2 Å². The standard InChI is InChI=1S/C13H18O4/c1-7(2)12(13(15)16)9-5-10(14)8(3)11(6-9)17-4/h5-7,12,14H,1-4H3,(H,15,16). The van der Waals surface area contributed by atoms with Crippen molar-refractivity contribution < 1.29 is 19.7 Å². The van der Waals surface area contributed by atoms with Crippen molar-refractivity contribution in [3.63, 3.8) is 0 Å². The molecule has 0 aromatic heterocycles. The Labute approximate surface area is 101 Å². The molecule has 1 unspecified atom stereocenters. The summed E-state index contributed by atoms with van der Waals surface area (Å²) in [4.78, 5) is 11.2. The van der Waals surface area contributed by atoms with Gasteiger partial charge in [0.1, 0.15) is 11.5 Å². The lowest BCUT2D eigenvalue weighted by atomic mass is 9.87. The minimum Gasteiger partial charge on any atom is -0.508 e. The van der Waals surface area contributed by atoms with Crippen LogP contribution in [0.15, 0.2) is 12.1 Å². The molecule has 1 aromatic carbocycles. The van der Waals surface area contributed by atoms with Gasteiger partial charge >= 0.3 is 5.97 Å². The first-order chi connectivity index (χ1) is 7.88. The second-order valence-corrected chi connectivity index (χ2v) is 4.43. The van der Waals surface area contributed by atoms with Gasteiger partial charge in [-0.3, -0.25) is 4.79 Å². The Morgan fingerprint density at radius 1 is 1.35 bits per heavy atom. The largest absolute Gasteiger partial charge is 0.508 e. The van der Waals surface area contributed by atoms with Crippen molar-refractivity contribution in [3.8, 4) is 11.5 Å². The molecule has 0 aliphatic rings. The highest BCUT2D eigenvalue weighted by Gasteiger charge is 2.25. The van der Waals surface area contributed by atoms with Crippen molar-refractivity contribution in [2.24, 2.45) is 5.92 Å². The molecular weight excluding hydrogens is 220 g/mol. The highest BCUT2D eigenvalue weighted by atomic mass is 16.5. The van der Waals surface area contributed by atoms with Gasteiger partial charge in [0.05, 0.1) is 13.0 Å². The number of aliphatic carboxylic acids is 1. The molecule has 0 saturated carbocycles. The van der Waals surface area contributed by atoms with E-state index in [-0.39, 0.29) is 11.7 Å². The van der Waals surface area contributed by atoms with E-state index in [2.05, 4.69) is 0 Å². The number of hydrogen-bond acceptors (Lipinski definition) is 3. The molecule has 94 valence electrons. The molecule has 2 N–H and O–H groups in total. The number of methoxy groups -OCH3 is 1. The number of phenols is 1. The lowest BCUT2D eigenvalue weighted by molar-refractivity contribution is -0.139. The van der Waals surface area contributed by atoms with Crippen LogP contribution in [0, 0.1) is 12.8 Å². The molecule has 0 aliphatic heterocycles. The van der Waals surface area contributed by atoms with Crippen LogP contribution in [0.25, 0.3) is 0 Å². The number of aromatic hydroxyl groups is 1. The van der Waals surface area contributed by atoms with Crippen LogP contribution in [0.1, 0.15) is 30.9 Å². The maximum Gasteiger partial charge on any atom is 0.311 e. The SMILES string of the molecule is COc1cc(C(C(=O)O)C(C)C)cc(O)c1C. The third kappa shape index (κ3) is 2.70. The lowest BCUT2D eigenvalue weighted by Gasteiger charge is -2.18. The average Bonchev–Trinajstić information content (AvgIpc) is 2.21. The Kier molecular flexibility index (Phi) is 3.99. The predicted molar refractivity (Wildman–Crippen MR) is 64.6 cm³/mol. The molecule has 0 aliphatic carbocycles. The summed E-state index contributed by atoms with van der Waals surface area (Å²) in [5.41, 5.74) is 1.18. The number of rotatable bonds is 4. The minimum atomic E-state index is -0.898.